The quantitative estimate of drug-likeness (QED) is 0.225. The molecule has 0 N–H and O–H groups in total. The van der Waals surface area contributed by atoms with Crippen LogP contribution in [-0.4, -0.2) is 27.8 Å². The number of allylic oxidation sites excluding steroid dienone is 1. The third-order valence-corrected chi connectivity index (χ3v) is 12.4. The maximum Gasteiger partial charge on any atom is 2.00 e. The second-order valence-corrected chi connectivity index (χ2v) is 16.2. The number of aryl methyl sites for hydroxylation is 1. The number of sulfonamides is 1. The summed E-state index contributed by atoms with van der Waals surface area (Å²) >= 11 is 0. The van der Waals surface area contributed by atoms with Gasteiger partial charge >= 0.3 is 19.5 Å². The Labute approximate surface area is 211 Å². The molecule has 0 heterocycles. The van der Waals surface area contributed by atoms with E-state index >= 15 is 0 Å². The number of amides is 1. The van der Waals surface area contributed by atoms with Crippen LogP contribution in [0.3, 0.4) is 0 Å². The molecule has 0 saturated carbocycles. The SMILES string of the molecule is Cc1ccc(S(=O)(=O)[N-]C(=O)/C(=C\C[CH-]C(=O)[Si](C)(C)C(C)(C)C)c2ccccc2)cc1.[Rh+2]. The van der Waals surface area contributed by atoms with E-state index in [-0.39, 0.29) is 46.8 Å². The van der Waals surface area contributed by atoms with Crippen molar-refractivity contribution in [1.29, 1.82) is 0 Å². The summed E-state index contributed by atoms with van der Waals surface area (Å²) in [4.78, 5) is 25.7. The van der Waals surface area contributed by atoms with Gasteiger partial charge in [0, 0.05) is 5.57 Å². The molecule has 2 aromatic carbocycles. The number of rotatable bonds is 8. The topological polar surface area (TPSA) is 82.4 Å². The Morgan fingerprint density at radius 2 is 1.55 bits per heavy atom. The van der Waals surface area contributed by atoms with Crippen LogP contribution in [0, 0.1) is 13.3 Å². The van der Waals surface area contributed by atoms with Gasteiger partial charge in [-0.15, -0.1) is 12.5 Å². The summed E-state index contributed by atoms with van der Waals surface area (Å²) in [5.74, 6) is -0.857. The molecule has 0 spiro atoms. The fraction of sp³-hybridized carbons (Fsp3) is 0.320. The molecule has 1 amide bonds. The zero-order valence-electron chi connectivity index (χ0n) is 19.9. The Hall–Kier alpha value is -2.02. The van der Waals surface area contributed by atoms with Crippen LogP contribution in [-0.2, 0) is 39.1 Å². The molecule has 1 radical (unpaired) electrons. The van der Waals surface area contributed by atoms with E-state index < -0.39 is 24.0 Å². The Kier molecular flexibility index (Phi) is 10.0. The summed E-state index contributed by atoms with van der Waals surface area (Å²) < 4.78 is 28.8. The van der Waals surface area contributed by atoms with Crippen molar-refractivity contribution in [3.63, 3.8) is 0 Å². The van der Waals surface area contributed by atoms with E-state index in [0.29, 0.717) is 5.56 Å². The molecule has 0 atom stereocenters. The van der Waals surface area contributed by atoms with Crippen molar-refractivity contribution in [2.75, 3.05) is 0 Å². The predicted molar refractivity (Wildman–Crippen MR) is 132 cm³/mol. The largest absolute Gasteiger partial charge is 2.00 e. The van der Waals surface area contributed by atoms with Crippen molar-refractivity contribution in [2.24, 2.45) is 0 Å². The maximum atomic E-state index is 12.9. The molecule has 0 aliphatic carbocycles. The monoisotopic (exact) mass is 572 g/mol. The first kappa shape index (κ1) is 29.0. The van der Waals surface area contributed by atoms with Gasteiger partial charge in [0.15, 0.2) is 0 Å². The van der Waals surface area contributed by atoms with Gasteiger partial charge in [-0.3, -0.25) is 0 Å². The van der Waals surface area contributed by atoms with Crippen molar-refractivity contribution in [1.82, 2.24) is 0 Å². The number of carbonyl (C=O) groups excluding carboxylic acids is 2. The van der Waals surface area contributed by atoms with Crippen LogP contribution >= 0.6 is 0 Å². The fourth-order valence-electron chi connectivity index (χ4n) is 2.78. The Morgan fingerprint density at radius 1 is 1.00 bits per heavy atom. The maximum absolute atomic E-state index is 12.9. The van der Waals surface area contributed by atoms with Crippen LogP contribution in [0.2, 0.25) is 18.1 Å². The smallest absolute Gasteiger partial charge is 0.538 e. The summed E-state index contributed by atoms with van der Waals surface area (Å²) in [6.45, 7) is 12.1. The molecule has 0 saturated heterocycles. The molecular weight excluding hydrogens is 541 g/mol. The second kappa shape index (κ2) is 11.4. The Bertz CT molecular complexity index is 1100. The molecule has 2 rings (SSSR count). The summed E-state index contributed by atoms with van der Waals surface area (Å²) in [6.07, 6.45) is 3.40. The average Bonchev–Trinajstić information content (AvgIpc) is 2.70. The summed E-state index contributed by atoms with van der Waals surface area (Å²) in [5, 5.41) is 0.00476. The molecule has 0 aliphatic rings. The van der Waals surface area contributed by atoms with Crippen LogP contribution in [0.5, 0.6) is 0 Å². The number of carbonyl (C=O) groups is 2. The van der Waals surface area contributed by atoms with Gasteiger partial charge in [0.1, 0.15) is 10.0 Å². The van der Waals surface area contributed by atoms with Gasteiger partial charge in [-0.2, -0.15) is 0 Å². The van der Waals surface area contributed by atoms with Gasteiger partial charge in [0.2, 0.25) is 0 Å². The molecule has 179 valence electrons. The number of hydrogen-bond donors (Lipinski definition) is 0. The normalized spacial score (nSPS) is 12.5. The minimum Gasteiger partial charge on any atom is -0.538 e. The van der Waals surface area contributed by atoms with E-state index in [1.54, 1.807) is 55.0 Å². The number of nitrogens with zero attached hydrogens (tertiary/aromatic N) is 1. The standard InChI is InChI=1S/C25H32NO4SSi.Rh/c1-19-15-17-21(18-16-19)31(29,30)26-24(28)22(20-11-8-7-9-12-20)13-10-14-23(27)32(5,6)25(2,3)4;/h7-9,11-18H,10H2,1-6H3,(H,26,28);/q-1;+2/p-1/b22-13-;. The van der Waals surface area contributed by atoms with Gasteiger partial charge in [0.05, 0.1) is 18.9 Å². The van der Waals surface area contributed by atoms with Crippen molar-refractivity contribution in [3.05, 3.63) is 82.9 Å². The molecule has 8 heteroatoms. The van der Waals surface area contributed by atoms with Crippen molar-refractivity contribution >= 4 is 35.0 Å². The molecule has 2 aromatic rings. The second-order valence-electron chi connectivity index (χ2n) is 9.35. The van der Waals surface area contributed by atoms with E-state index in [1.807, 2.05) is 20.0 Å². The van der Waals surface area contributed by atoms with Gasteiger partial charge in [-0.1, -0.05) is 81.9 Å². The van der Waals surface area contributed by atoms with E-state index in [1.165, 1.54) is 12.1 Å². The minimum atomic E-state index is -4.15. The van der Waals surface area contributed by atoms with Crippen LogP contribution in [0.25, 0.3) is 10.3 Å². The number of hydrogen-bond acceptors (Lipinski definition) is 4. The van der Waals surface area contributed by atoms with E-state index in [4.69, 9.17) is 0 Å². The molecule has 0 bridgehead atoms. The van der Waals surface area contributed by atoms with Crippen molar-refractivity contribution < 1.29 is 37.5 Å². The molecule has 33 heavy (non-hydrogen) atoms. The molecule has 5 nitrogen and oxygen atoms in total. The summed E-state index contributed by atoms with van der Waals surface area (Å²) in [7, 11) is -6.35. The van der Waals surface area contributed by atoms with Crippen molar-refractivity contribution in [2.45, 2.75) is 57.1 Å². The summed E-state index contributed by atoms with van der Waals surface area (Å²) in [6, 6.07) is 14.9. The fourth-order valence-corrected chi connectivity index (χ4v) is 5.05. The van der Waals surface area contributed by atoms with Gasteiger partial charge in [0.25, 0.3) is 0 Å². The van der Waals surface area contributed by atoms with Crippen LogP contribution in [0.1, 0.15) is 38.3 Å². The van der Waals surface area contributed by atoms with Crippen LogP contribution in [0.4, 0.5) is 0 Å². The van der Waals surface area contributed by atoms with E-state index in [2.05, 4.69) is 25.5 Å². The molecule has 0 aromatic heterocycles. The van der Waals surface area contributed by atoms with Crippen molar-refractivity contribution in [3.8, 4) is 0 Å². The Morgan fingerprint density at radius 3 is 2.06 bits per heavy atom. The molecule has 0 fully saturated rings. The van der Waals surface area contributed by atoms with Gasteiger partial charge in [-0.05, 0) is 35.1 Å². The Balaban J connectivity index is 0.00000544. The van der Waals surface area contributed by atoms with E-state index in [0.717, 1.165) is 5.56 Å². The zero-order chi connectivity index (χ0) is 24.2. The zero-order valence-corrected chi connectivity index (χ0v) is 23.3. The summed E-state index contributed by atoms with van der Waals surface area (Å²) in [5.41, 5.74) is 1.61. The third kappa shape index (κ3) is 7.49. The third-order valence-electron chi connectivity index (χ3n) is 5.95. The minimum absolute atomic E-state index is 0. The van der Waals surface area contributed by atoms with Crippen LogP contribution in [0.15, 0.2) is 65.6 Å². The molecule has 0 unspecified atom stereocenters. The molecular formula is C25H31NO4RhSSi. The van der Waals surface area contributed by atoms with Gasteiger partial charge < -0.3 is 20.7 Å². The van der Waals surface area contributed by atoms with Crippen LogP contribution < -0.4 is 0 Å². The number of benzene rings is 2. The average molecular weight is 573 g/mol. The first-order chi connectivity index (χ1) is 14.8. The van der Waals surface area contributed by atoms with E-state index in [9.17, 15) is 18.0 Å². The first-order valence-corrected chi connectivity index (χ1v) is 14.9. The predicted octanol–water partition coefficient (Wildman–Crippen LogP) is 5.88. The molecule has 0 aliphatic heterocycles. The first-order valence-electron chi connectivity index (χ1n) is 10.5. The van der Waals surface area contributed by atoms with Gasteiger partial charge in [-0.25, -0.2) is 8.42 Å².